The summed E-state index contributed by atoms with van der Waals surface area (Å²) in [6.45, 7) is 6.46. The highest BCUT2D eigenvalue weighted by molar-refractivity contribution is 5.76. The lowest BCUT2D eigenvalue weighted by atomic mass is 10.0. The molecule has 1 unspecified atom stereocenters. The van der Waals surface area contributed by atoms with Gasteiger partial charge in [0.15, 0.2) is 0 Å². The minimum atomic E-state index is -0.245. The maximum Gasteiger partial charge on any atom is 0.220 e. The van der Waals surface area contributed by atoms with Gasteiger partial charge in [-0.1, -0.05) is 38.8 Å². The van der Waals surface area contributed by atoms with E-state index < -0.39 is 0 Å². The van der Waals surface area contributed by atoms with E-state index in [4.69, 9.17) is 0 Å². The quantitative estimate of drug-likeness (QED) is 0.763. The third-order valence-corrected chi connectivity index (χ3v) is 3.36. The smallest absolute Gasteiger partial charge is 0.220 e. The van der Waals surface area contributed by atoms with Crippen LogP contribution in [0.3, 0.4) is 0 Å². The average molecular weight is 279 g/mol. The lowest BCUT2D eigenvalue weighted by Gasteiger charge is -2.14. The summed E-state index contributed by atoms with van der Waals surface area (Å²) >= 11 is 0. The lowest BCUT2D eigenvalue weighted by molar-refractivity contribution is -0.121. The Morgan fingerprint density at radius 3 is 2.65 bits per heavy atom. The van der Waals surface area contributed by atoms with Gasteiger partial charge in [0, 0.05) is 12.5 Å². The molecule has 3 heteroatoms. The van der Waals surface area contributed by atoms with Crippen LogP contribution < -0.4 is 5.32 Å². The van der Waals surface area contributed by atoms with Crippen molar-refractivity contribution in [1.29, 1.82) is 0 Å². The van der Waals surface area contributed by atoms with E-state index in [1.54, 1.807) is 6.07 Å². The molecule has 0 saturated heterocycles. The van der Waals surface area contributed by atoms with E-state index >= 15 is 0 Å². The van der Waals surface area contributed by atoms with Gasteiger partial charge in [0.2, 0.25) is 5.91 Å². The topological polar surface area (TPSA) is 29.1 Å². The second kappa shape index (κ2) is 8.72. The van der Waals surface area contributed by atoms with Crippen molar-refractivity contribution in [2.24, 2.45) is 5.92 Å². The molecule has 20 heavy (non-hydrogen) atoms. The van der Waals surface area contributed by atoms with Crippen molar-refractivity contribution in [2.75, 3.05) is 0 Å². The van der Waals surface area contributed by atoms with Crippen LogP contribution in [-0.2, 0) is 11.2 Å². The Bertz CT molecular complexity index is 417. The van der Waals surface area contributed by atoms with Gasteiger partial charge in [-0.25, -0.2) is 4.39 Å². The Kier molecular flexibility index (Phi) is 7.27. The third kappa shape index (κ3) is 7.27. The summed E-state index contributed by atoms with van der Waals surface area (Å²) < 4.78 is 13.0. The van der Waals surface area contributed by atoms with E-state index in [2.05, 4.69) is 19.2 Å². The van der Waals surface area contributed by atoms with E-state index in [1.807, 2.05) is 13.0 Å². The third-order valence-electron chi connectivity index (χ3n) is 3.36. The summed E-state index contributed by atoms with van der Waals surface area (Å²) in [6, 6.07) is 6.65. The van der Waals surface area contributed by atoms with E-state index in [9.17, 15) is 9.18 Å². The first-order valence-corrected chi connectivity index (χ1v) is 7.51. The van der Waals surface area contributed by atoms with Gasteiger partial charge in [-0.3, -0.25) is 4.79 Å². The SMILES string of the molecule is CC(C)CCCC(C)NC(=O)CCc1cccc(F)c1. The average Bonchev–Trinajstić information content (AvgIpc) is 2.36. The zero-order chi connectivity index (χ0) is 15.0. The molecule has 0 aromatic heterocycles. The predicted octanol–water partition coefficient (Wildman–Crippen LogP) is 4.09. The van der Waals surface area contributed by atoms with Crippen LogP contribution in [0.15, 0.2) is 24.3 Å². The van der Waals surface area contributed by atoms with Crippen LogP contribution in [-0.4, -0.2) is 11.9 Å². The first-order valence-electron chi connectivity index (χ1n) is 7.51. The fraction of sp³-hybridized carbons (Fsp3) is 0.588. The summed E-state index contributed by atoms with van der Waals surface area (Å²) in [5.41, 5.74) is 0.868. The van der Waals surface area contributed by atoms with Crippen LogP contribution >= 0.6 is 0 Å². The van der Waals surface area contributed by atoms with Gasteiger partial charge in [-0.15, -0.1) is 0 Å². The molecule has 0 saturated carbocycles. The zero-order valence-corrected chi connectivity index (χ0v) is 12.8. The van der Waals surface area contributed by atoms with Crippen LogP contribution in [0, 0.1) is 11.7 Å². The fourth-order valence-electron chi connectivity index (χ4n) is 2.20. The number of aryl methyl sites for hydroxylation is 1. The van der Waals surface area contributed by atoms with Crippen LogP contribution in [0.5, 0.6) is 0 Å². The van der Waals surface area contributed by atoms with Gasteiger partial charge in [-0.2, -0.15) is 0 Å². The number of amides is 1. The highest BCUT2D eigenvalue weighted by atomic mass is 19.1. The second-order valence-electron chi connectivity index (χ2n) is 5.92. The standard InChI is InChI=1S/C17H26FNO/c1-13(2)6-4-7-14(3)19-17(20)11-10-15-8-5-9-16(18)12-15/h5,8-9,12-14H,4,6-7,10-11H2,1-3H3,(H,19,20). The summed E-state index contributed by atoms with van der Waals surface area (Å²) in [6.07, 6.45) is 4.36. The number of benzene rings is 1. The van der Waals surface area contributed by atoms with Crippen molar-refractivity contribution in [3.63, 3.8) is 0 Å². The Morgan fingerprint density at radius 1 is 1.25 bits per heavy atom. The number of hydrogen-bond donors (Lipinski definition) is 1. The molecule has 2 nitrogen and oxygen atoms in total. The Morgan fingerprint density at radius 2 is 2.00 bits per heavy atom. The van der Waals surface area contributed by atoms with Crippen molar-refractivity contribution in [1.82, 2.24) is 5.32 Å². The van der Waals surface area contributed by atoms with Gasteiger partial charge in [-0.05, 0) is 43.4 Å². The first kappa shape index (κ1) is 16.7. The fourth-order valence-corrected chi connectivity index (χ4v) is 2.20. The molecule has 0 aliphatic carbocycles. The maximum atomic E-state index is 13.0. The van der Waals surface area contributed by atoms with Crippen LogP contribution in [0.4, 0.5) is 4.39 Å². The zero-order valence-electron chi connectivity index (χ0n) is 12.8. The van der Waals surface area contributed by atoms with E-state index in [-0.39, 0.29) is 17.8 Å². The van der Waals surface area contributed by atoms with E-state index in [0.29, 0.717) is 18.8 Å². The van der Waals surface area contributed by atoms with Gasteiger partial charge in [0.05, 0.1) is 0 Å². The summed E-state index contributed by atoms with van der Waals surface area (Å²) in [5, 5.41) is 3.01. The minimum Gasteiger partial charge on any atom is -0.354 e. The van der Waals surface area contributed by atoms with Gasteiger partial charge in [0.1, 0.15) is 5.82 Å². The summed E-state index contributed by atoms with van der Waals surface area (Å²) in [5.74, 6) is 0.516. The monoisotopic (exact) mass is 279 g/mol. The van der Waals surface area contributed by atoms with E-state index in [1.165, 1.54) is 18.6 Å². The second-order valence-corrected chi connectivity index (χ2v) is 5.92. The molecule has 112 valence electrons. The molecule has 1 rings (SSSR count). The molecule has 0 fully saturated rings. The Balaban J connectivity index is 2.22. The molecule has 0 bridgehead atoms. The van der Waals surface area contributed by atoms with Gasteiger partial charge in [0.25, 0.3) is 0 Å². The molecule has 1 aromatic rings. The molecule has 0 spiro atoms. The Labute approximate surface area is 121 Å². The summed E-state index contributed by atoms with van der Waals surface area (Å²) in [7, 11) is 0. The normalized spacial score (nSPS) is 12.4. The lowest BCUT2D eigenvalue weighted by Crippen LogP contribution is -2.32. The molecular formula is C17H26FNO. The molecule has 1 aromatic carbocycles. The number of nitrogens with one attached hydrogen (secondary N) is 1. The maximum absolute atomic E-state index is 13.0. The minimum absolute atomic E-state index is 0.0475. The Hall–Kier alpha value is -1.38. The largest absolute Gasteiger partial charge is 0.354 e. The predicted molar refractivity (Wildman–Crippen MR) is 81.0 cm³/mol. The highest BCUT2D eigenvalue weighted by Crippen LogP contribution is 2.09. The number of carbonyl (C=O) groups is 1. The van der Waals surface area contributed by atoms with Gasteiger partial charge >= 0.3 is 0 Å². The highest BCUT2D eigenvalue weighted by Gasteiger charge is 2.08. The first-order chi connectivity index (χ1) is 9.47. The van der Waals surface area contributed by atoms with E-state index in [0.717, 1.165) is 18.4 Å². The van der Waals surface area contributed by atoms with Crippen molar-refractivity contribution in [3.05, 3.63) is 35.6 Å². The molecule has 1 N–H and O–H groups in total. The molecule has 0 aliphatic heterocycles. The van der Waals surface area contributed by atoms with Crippen molar-refractivity contribution >= 4 is 5.91 Å². The molecule has 0 heterocycles. The molecule has 1 atom stereocenters. The molecule has 0 radical (unpaired) electrons. The number of halogens is 1. The number of hydrogen-bond acceptors (Lipinski definition) is 1. The number of carbonyl (C=O) groups excluding carboxylic acids is 1. The van der Waals surface area contributed by atoms with Crippen molar-refractivity contribution in [3.8, 4) is 0 Å². The van der Waals surface area contributed by atoms with Crippen LogP contribution in [0.2, 0.25) is 0 Å². The summed E-state index contributed by atoms with van der Waals surface area (Å²) in [4.78, 5) is 11.8. The molecule has 0 aliphatic rings. The molecule has 1 amide bonds. The van der Waals surface area contributed by atoms with Crippen LogP contribution in [0.1, 0.15) is 52.0 Å². The van der Waals surface area contributed by atoms with Crippen molar-refractivity contribution in [2.45, 2.75) is 58.9 Å². The van der Waals surface area contributed by atoms with Gasteiger partial charge < -0.3 is 5.32 Å². The molecular weight excluding hydrogens is 253 g/mol. The van der Waals surface area contributed by atoms with Crippen LogP contribution in [0.25, 0.3) is 0 Å². The van der Waals surface area contributed by atoms with Crippen molar-refractivity contribution < 1.29 is 9.18 Å². The number of rotatable bonds is 8.